The van der Waals surface area contributed by atoms with Crippen LogP contribution in [0.2, 0.25) is 0 Å². The molecule has 0 fully saturated rings. The van der Waals surface area contributed by atoms with Crippen LogP contribution in [-0.2, 0) is 6.42 Å². The minimum atomic E-state index is -0.114. The fraction of sp³-hybridized carbons (Fsp3) is 0.107. The molecular weight excluding hydrogens is 687 g/mol. The first-order valence-corrected chi connectivity index (χ1v) is 20.2. The molecule has 1 nitrogen and oxygen atoms in total. The van der Waals surface area contributed by atoms with Crippen molar-refractivity contribution in [3.05, 3.63) is 236 Å². The number of para-hydroxylation sites is 1. The number of fused-ring (bicyclic) bond motifs is 6. The summed E-state index contributed by atoms with van der Waals surface area (Å²) in [4.78, 5) is 2.64. The fourth-order valence-corrected chi connectivity index (χ4v) is 9.19. The Morgan fingerprint density at radius 3 is 2.11 bits per heavy atom. The van der Waals surface area contributed by atoms with Crippen LogP contribution in [-0.4, -0.2) is 12.1 Å². The van der Waals surface area contributed by atoms with E-state index < -0.39 is 0 Å². The number of benzene rings is 7. The molecule has 0 heterocycles. The second-order valence-electron chi connectivity index (χ2n) is 15.1. The number of rotatable bonds is 9. The predicted octanol–water partition coefficient (Wildman–Crippen LogP) is 14.6. The van der Waals surface area contributed by atoms with Crippen molar-refractivity contribution in [2.45, 2.75) is 37.3 Å². The Kier molecular flexibility index (Phi) is 10.2. The number of anilines is 1. The number of nitrogens with zero attached hydrogens (tertiary/aromatic N) is 1. The lowest BCUT2D eigenvalue weighted by atomic mass is 9.79. The van der Waals surface area contributed by atoms with Gasteiger partial charge >= 0.3 is 0 Å². The highest BCUT2D eigenvalue weighted by atomic mass is 15.2. The lowest BCUT2D eigenvalue weighted by Crippen LogP contribution is -2.45. The maximum absolute atomic E-state index is 4.61. The van der Waals surface area contributed by atoms with Crippen molar-refractivity contribution in [1.82, 2.24) is 0 Å². The first-order chi connectivity index (χ1) is 28.2. The Morgan fingerprint density at radius 1 is 0.596 bits per heavy atom. The van der Waals surface area contributed by atoms with Gasteiger partial charge in [0.2, 0.25) is 0 Å². The summed E-state index contributed by atoms with van der Waals surface area (Å²) in [5.41, 5.74) is 10.1. The Morgan fingerprint density at radius 2 is 1.30 bits per heavy atom. The molecule has 0 bridgehead atoms. The van der Waals surface area contributed by atoms with Crippen molar-refractivity contribution in [2.24, 2.45) is 0 Å². The summed E-state index contributed by atoms with van der Waals surface area (Å²) in [6, 6.07) is 50.7. The largest absolute Gasteiger partial charge is 0.357 e. The number of allylic oxidation sites excluding steroid dienone is 7. The minimum absolute atomic E-state index is 0.00655. The smallest absolute Gasteiger partial charge is 0.0580 e. The third kappa shape index (κ3) is 6.91. The summed E-state index contributed by atoms with van der Waals surface area (Å²) in [6.45, 7) is 9.18. The lowest BCUT2D eigenvalue weighted by molar-refractivity contribution is 0.578. The summed E-state index contributed by atoms with van der Waals surface area (Å²) in [7, 11) is 0. The maximum atomic E-state index is 4.61. The van der Waals surface area contributed by atoms with E-state index in [9.17, 15) is 0 Å². The van der Waals surface area contributed by atoms with Gasteiger partial charge in [-0.1, -0.05) is 194 Å². The van der Waals surface area contributed by atoms with Gasteiger partial charge in [0.15, 0.2) is 0 Å². The van der Waals surface area contributed by atoms with E-state index in [-0.39, 0.29) is 18.0 Å². The van der Waals surface area contributed by atoms with Gasteiger partial charge in [-0.3, -0.25) is 0 Å². The van der Waals surface area contributed by atoms with E-state index in [0.29, 0.717) is 0 Å². The maximum Gasteiger partial charge on any atom is 0.0580 e. The standard InChI is InChI=1S/C56H47N/c1-3-45(53-38-42-26-10-14-30-46(42)48-32-16-18-34-50(48)53)55(4-2)57(44-28-12-8-24-41(25-9-13-29-44)40-22-6-5-7-23-40)56-37-21-20-36-52(56)54-39-43-27-11-15-31-47(43)49-33-17-19-35-51(49)54/h3-17,19-28,30-33,35-39,44-45,55H,1-2,18,29,34H2/b13-9+,24-8-,28-12+,41-25+. The Bertz CT molecular complexity index is 2770. The number of hydrogen-bond acceptors (Lipinski definition) is 1. The van der Waals surface area contributed by atoms with Gasteiger partial charge in [0.1, 0.15) is 0 Å². The minimum Gasteiger partial charge on any atom is -0.357 e. The van der Waals surface area contributed by atoms with Gasteiger partial charge in [-0.15, -0.1) is 13.2 Å². The van der Waals surface area contributed by atoms with Crippen molar-refractivity contribution in [1.29, 1.82) is 0 Å². The zero-order valence-electron chi connectivity index (χ0n) is 32.3. The average Bonchev–Trinajstić information content (AvgIpc) is 3.28. The Hall–Kier alpha value is -6.70. The summed E-state index contributed by atoms with van der Waals surface area (Å²) >= 11 is 0. The molecule has 0 saturated carbocycles. The van der Waals surface area contributed by atoms with E-state index in [1.807, 2.05) is 0 Å². The van der Waals surface area contributed by atoms with Gasteiger partial charge in [0.05, 0.1) is 12.1 Å². The summed E-state index contributed by atoms with van der Waals surface area (Å²) in [5, 5.41) is 7.59. The van der Waals surface area contributed by atoms with Crippen LogP contribution in [0.3, 0.4) is 0 Å². The summed E-state index contributed by atoms with van der Waals surface area (Å²) < 4.78 is 0. The molecule has 0 saturated heterocycles. The topological polar surface area (TPSA) is 3.24 Å². The third-order valence-electron chi connectivity index (χ3n) is 11.8. The van der Waals surface area contributed by atoms with Crippen molar-refractivity contribution in [2.75, 3.05) is 4.90 Å². The van der Waals surface area contributed by atoms with Crippen LogP contribution in [0.25, 0.3) is 55.1 Å². The van der Waals surface area contributed by atoms with Crippen LogP contribution < -0.4 is 4.90 Å². The molecule has 2 aliphatic carbocycles. The molecule has 2 aliphatic rings. The molecule has 3 unspecified atom stereocenters. The zero-order valence-corrected chi connectivity index (χ0v) is 32.3. The lowest BCUT2D eigenvalue weighted by Gasteiger charge is -2.42. The summed E-state index contributed by atoms with van der Waals surface area (Å²) in [6.07, 6.45) is 27.6. The Labute approximate surface area is 337 Å². The monoisotopic (exact) mass is 733 g/mol. The van der Waals surface area contributed by atoms with Crippen LogP contribution in [0, 0.1) is 0 Å². The molecule has 7 aromatic rings. The molecule has 7 aromatic carbocycles. The van der Waals surface area contributed by atoms with E-state index in [2.05, 4.69) is 224 Å². The van der Waals surface area contributed by atoms with Crippen LogP contribution in [0.4, 0.5) is 5.69 Å². The first-order valence-electron chi connectivity index (χ1n) is 20.2. The van der Waals surface area contributed by atoms with E-state index >= 15 is 0 Å². The van der Waals surface area contributed by atoms with E-state index in [0.717, 1.165) is 19.3 Å². The van der Waals surface area contributed by atoms with Gasteiger partial charge in [0, 0.05) is 17.2 Å². The first kappa shape index (κ1) is 36.0. The van der Waals surface area contributed by atoms with Crippen LogP contribution in [0.1, 0.15) is 41.0 Å². The van der Waals surface area contributed by atoms with Gasteiger partial charge in [-0.2, -0.15) is 0 Å². The predicted molar refractivity (Wildman–Crippen MR) is 248 cm³/mol. The molecule has 0 amide bonds. The normalized spacial score (nSPS) is 18.8. The molecule has 0 spiro atoms. The van der Waals surface area contributed by atoms with Gasteiger partial charge in [-0.05, 0) is 97.1 Å². The van der Waals surface area contributed by atoms with Crippen LogP contribution in [0.15, 0.2) is 213 Å². The van der Waals surface area contributed by atoms with Crippen LogP contribution in [0.5, 0.6) is 0 Å². The molecule has 0 N–H and O–H groups in total. The molecule has 276 valence electrons. The van der Waals surface area contributed by atoms with Crippen molar-refractivity contribution in [3.8, 4) is 11.1 Å². The highest BCUT2D eigenvalue weighted by molar-refractivity contribution is 6.14. The van der Waals surface area contributed by atoms with E-state index in [1.165, 1.54) is 77.0 Å². The molecular formula is C56H47N. The van der Waals surface area contributed by atoms with Crippen LogP contribution >= 0.6 is 0 Å². The Balaban J connectivity index is 1.24. The molecule has 3 atom stereocenters. The molecule has 57 heavy (non-hydrogen) atoms. The molecule has 0 radical (unpaired) electrons. The van der Waals surface area contributed by atoms with Gasteiger partial charge in [-0.25, -0.2) is 0 Å². The molecule has 0 aliphatic heterocycles. The highest BCUT2D eigenvalue weighted by Gasteiger charge is 2.33. The van der Waals surface area contributed by atoms with E-state index in [4.69, 9.17) is 0 Å². The third-order valence-corrected chi connectivity index (χ3v) is 11.8. The van der Waals surface area contributed by atoms with Gasteiger partial charge in [0.25, 0.3) is 0 Å². The molecule has 9 rings (SSSR count). The number of hydrogen-bond donors (Lipinski definition) is 0. The summed E-state index contributed by atoms with van der Waals surface area (Å²) in [5.74, 6) is -0.0262. The average molecular weight is 734 g/mol. The quantitative estimate of drug-likeness (QED) is 0.105. The molecule has 0 aromatic heterocycles. The van der Waals surface area contributed by atoms with Crippen molar-refractivity contribution >= 4 is 49.7 Å². The second kappa shape index (κ2) is 16.2. The van der Waals surface area contributed by atoms with Crippen molar-refractivity contribution in [3.63, 3.8) is 0 Å². The van der Waals surface area contributed by atoms with Crippen molar-refractivity contribution < 1.29 is 0 Å². The van der Waals surface area contributed by atoms with E-state index in [1.54, 1.807) is 0 Å². The fourth-order valence-electron chi connectivity index (χ4n) is 9.19. The zero-order chi connectivity index (χ0) is 38.6. The SMILES string of the molecule is C=CC(c1cc2ccccc2c2c1CCC=C2)C(C=C)N(c1ccccc1-c1cc2ccccc2c2ccccc12)C1/C=C/C=C\C(c2ccccc2)=C/C=C/C1. The second-order valence-corrected chi connectivity index (χ2v) is 15.1. The highest BCUT2D eigenvalue weighted by Crippen LogP contribution is 2.44. The molecule has 1 heteroatoms. The van der Waals surface area contributed by atoms with Gasteiger partial charge < -0.3 is 4.90 Å².